The molecule has 0 radical (unpaired) electrons. The predicted octanol–water partition coefficient (Wildman–Crippen LogP) is 2.83. The first-order chi connectivity index (χ1) is 6.98. The van der Waals surface area contributed by atoms with Crippen LogP contribution in [0.1, 0.15) is 25.0 Å². The van der Waals surface area contributed by atoms with Gasteiger partial charge in [0, 0.05) is 5.88 Å². The first kappa shape index (κ1) is 12.1. The van der Waals surface area contributed by atoms with Crippen molar-refractivity contribution in [3.05, 3.63) is 35.4 Å². The van der Waals surface area contributed by atoms with Gasteiger partial charge < -0.3 is 5.11 Å². The standard InChI is InChI=1S/C12H15ClO2/c1-12(2,11(14)15)10-5-3-4-9(8-10)6-7-13/h3-5,8H,6-7H2,1-2H3,(H,14,15). The van der Waals surface area contributed by atoms with Crippen molar-refractivity contribution in [2.75, 3.05) is 5.88 Å². The minimum absolute atomic E-state index is 0.553. The highest BCUT2D eigenvalue weighted by Crippen LogP contribution is 2.24. The zero-order valence-corrected chi connectivity index (χ0v) is 9.71. The lowest BCUT2D eigenvalue weighted by molar-refractivity contribution is -0.142. The Morgan fingerprint density at radius 3 is 2.67 bits per heavy atom. The third-order valence-electron chi connectivity index (χ3n) is 2.57. The molecule has 15 heavy (non-hydrogen) atoms. The van der Waals surface area contributed by atoms with Crippen LogP contribution >= 0.6 is 11.6 Å². The first-order valence-corrected chi connectivity index (χ1v) is 5.40. The van der Waals surface area contributed by atoms with Gasteiger partial charge >= 0.3 is 5.97 Å². The van der Waals surface area contributed by atoms with Crippen LogP contribution in [0.2, 0.25) is 0 Å². The third-order valence-corrected chi connectivity index (χ3v) is 2.76. The maximum absolute atomic E-state index is 11.1. The lowest BCUT2D eigenvalue weighted by Gasteiger charge is -2.20. The van der Waals surface area contributed by atoms with Crippen molar-refractivity contribution in [2.45, 2.75) is 25.7 Å². The summed E-state index contributed by atoms with van der Waals surface area (Å²) in [5.74, 6) is -0.262. The van der Waals surface area contributed by atoms with Crippen LogP contribution in [0.5, 0.6) is 0 Å². The highest BCUT2D eigenvalue weighted by molar-refractivity contribution is 6.17. The maximum atomic E-state index is 11.1. The molecule has 0 aliphatic rings. The number of aryl methyl sites for hydroxylation is 1. The summed E-state index contributed by atoms with van der Waals surface area (Å²) in [7, 11) is 0. The van der Waals surface area contributed by atoms with Gasteiger partial charge in [0.05, 0.1) is 5.41 Å². The fourth-order valence-electron chi connectivity index (χ4n) is 1.35. The van der Waals surface area contributed by atoms with Gasteiger partial charge in [0.15, 0.2) is 0 Å². The molecule has 0 heterocycles. The second-order valence-corrected chi connectivity index (χ2v) is 4.45. The monoisotopic (exact) mass is 226 g/mol. The number of halogens is 1. The van der Waals surface area contributed by atoms with Crippen molar-refractivity contribution >= 4 is 17.6 Å². The molecule has 0 bridgehead atoms. The fourth-order valence-corrected chi connectivity index (χ4v) is 1.57. The predicted molar refractivity (Wildman–Crippen MR) is 61.5 cm³/mol. The van der Waals surface area contributed by atoms with Crippen LogP contribution in [0.15, 0.2) is 24.3 Å². The Morgan fingerprint density at radius 2 is 2.13 bits per heavy atom. The highest BCUT2D eigenvalue weighted by atomic mass is 35.5. The molecule has 0 aromatic heterocycles. The van der Waals surface area contributed by atoms with E-state index < -0.39 is 11.4 Å². The van der Waals surface area contributed by atoms with Gasteiger partial charge in [0.1, 0.15) is 0 Å². The molecule has 0 fully saturated rings. The molecular formula is C12H15ClO2. The second kappa shape index (κ2) is 4.67. The minimum atomic E-state index is -0.845. The molecular weight excluding hydrogens is 212 g/mol. The van der Waals surface area contributed by atoms with Gasteiger partial charge in [-0.3, -0.25) is 4.79 Å². The smallest absolute Gasteiger partial charge is 0.313 e. The highest BCUT2D eigenvalue weighted by Gasteiger charge is 2.29. The van der Waals surface area contributed by atoms with E-state index in [0.29, 0.717) is 5.88 Å². The normalized spacial score (nSPS) is 11.4. The summed E-state index contributed by atoms with van der Waals surface area (Å²) in [5, 5.41) is 9.09. The minimum Gasteiger partial charge on any atom is -0.481 e. The number of hydrogen-bond acceptors (Lipinski definition) is 1. The third kappa shape index (κ3) is 2.72. The first-order valence-electron chi connectivity index (χ1n) is 4.87. The summed E-state index contributed by atoms with van der Waals surface area (Å²) in [6.45, 7) is 3.41. The topological polar surface area (TPSA) is 37.3 Å². The Kier molecular flexibility index (Phi) is 3.75. The Hall–Kier alpha value is -1.02. The number of carbonyl (C=O) groups is 1. The lowest BCUT2D eigenvalue weighted by Crippen LogP contribution is -2.28. The summed E-state index contributed by atoms with van der Waals surface area (Å²) in [6, 6.07) is 7.59. The molecule has 1 aromatic carbocycles. The number of carboxylic acid groups (broad SMARTS) is 1. The molecule has 0 aliphatic heterocycles. The van der Waals surface area contributed by atoms with Gasteiger partial charge in [-0.2, -0.15) is 0 Å². The number of rotatable bonds is 4. The quantitative estimate of drug-likeness (QED) is 0.802. The summed E-state index contributed by atoms with van der Waals surface area (Å²) in [4.78, 5) is 11.1. The van der Waals surface area contributed by atoms with Crippen molar-refractivity contribution in [3.8, 4) is 0 Å². The van der Waals surface area contributed by atoms with E-state index in [2.05, 4.69) is 0 Å². The van der Waals surface area contributed by atoms with E-state index in [1.54, 1.807) is 13.8 Å². The van der Waals surface area contributed by atoms with E-state index in [1.165, 1.54) is 0 Å². The number of benzene rings is 1. The van der Waals surface area contributed by atoms with E-state index in [4.69, 9.17) is 16.7 Å². The molecule has 0 unspecified atom stereocenters. The maximum Gasteiger partial charge on any atom is 0.313 e. The zero-order valence-electron chi connectivity index (χ0n) is 8.96. The van der Waals surface area contributed by atoms with Crippen LogP contribution < -0.4 is 0 Å². The van der Waals surface area contributed by atoms with E-state index in [-0.39, 0.29) is 0 Å². The molecule has 3 heteroatoms. The van der Waals surface area contributed by atoms with Crippen LogP contribution in [-0.2, 0) is 16.6 Å². The van der Waals surface area contributed by atoms with Gasteiger partial charge in [-0.05, 0) is 31.4 Å². The van der Waals surface area contributed by atoms with E-state index in [1.807, 2.05) is 24.3 Å². The lowest BCUT2D eigenvalue weighted by atomic mass is 9.84. The number of aliphatic carboxylic acids is 1. The molecule has 0 amide bonds. The molecule has 1 aromatic rings. The number of alkyl halides is 1. The second-order valence-electron chi connectivity index (χ2n) is 4.07. The molecule has 1 rings (SSSR count). The molecule has 1 N–H and O–H groups in total. The summed E-state index contributed by atoms with van der Waals surface area (Å²) in [5.41, 5.74) is 1.05. The largest absolute Gasteiger partial charge is 0.481 e. The summed E-state index contributed by atoms with van der Waals surface area (Å²) >= 11 is 5.65. The van der Waals surface area contributed by atoms with Crippen molar-refractivity contribution in [2.24, 2.45) is 0 Å². The molecule has 0 aliphatic carbocycles. The number of carboxylic acids is 1. The van der Waals surface area contributed by atoms with E-state index in [9.17, 15) is 4.79 Å². The Labute approximate surface area is 94.9 Å². The van der Waals surface area contributed by atoms with Gasteiger partial charge in [-0.15, -0.1) is 11.6 Å². The van der Waals surface area contributed by atoms with E-state index >= 15 is 0 Å². The van der Waals surface area contributed by atoms with Gasteiger partial charge in [-0.25, -0.2) is 0 Å². The Balaban J connectivity index is 3.04. The van der Waals surface area contributed by atoms with Crippen LogP contribution in [-0.4, -0.2) is 17.0 Å². The molecule has 0 saturated heterocycles. The summed E-state index contributed by atoms with van der Waals surface area (Å²) < 4.78 is 0. The van der Waals surface area contributed by atoms with Crippen molar-refractivity contribution < 1.29 is 9.90 Å². The van der Waals surface area contributed by atoms with Crippen LogP contribution in [0.3, 0.4) is 0 Å². The summed E-state index contributed by atoms with van der Waals surface area (Å²) in [6.07, 6.45) is 0.769. The molecule has 2 nitrogen and oxygen atoms in total. The fraction of sp³-hybridized carbons (Fsp3) is 0.417. The van der Waals surface area contributed by atoms with Crippen LogP contribution in [0.4, 0.5) is 0 Å². The van der Waals surface area contributed by atoms with Crippen LogP contribution in [0.25, 0.3) is 0 Å². The average Bonchev–Trinajstić information content (AvgIpc) is 2.18. The molecule has 0 atom stereocenters. The van der Waals surface area contributed by atoms with Crippen molar-refractivity contribution in [1.29, 1.82) is 0 Å². The SMILES string of the molecule is CC(C)(C(=O)O)c1cccc(CCCl)c1. The molecule has 0 spiro atoms. The Bertz CT molecular complexity index is 358. The van der Waals surface area contributed by atoms with Crippen LogP contribution in [0, 0.1) is 0 Å². The van der Waals surface area contributed by atoms with Crippen molar-refractivity contribution in [3.63, 3.8) is 0 Å². The average molecular weight is 227 g/mol. The van der Waals surface area contributed by atoms with Gasteiger partial charge in [-0.1, -0.05) is 24.3 Å². The molecule has 0 saturated carbocycles. The van der Waals surface area contributed by atoms with Gasteiger partial charge in [0.2, 0.25) is 0 Å². The van der Waals surface area contributed by atoms with E-state index in [0.717, 1.165) is 17.5 Å². The van der Waals surface area contributed by atoms with Gasteiger partial charge in [0.25, 0.3) is 0 Å². The number of hydrogen-bond donors (Lipinski definition) is 1. The Morgan fingerprint density at radius 1 is 1.47 bits per heavy atom. The molecule has 82 valence electrons. The zero-order chi connectivity index (χ0) is 11.5. The van der Waals surface area contributed by atoms with Crippen molar-refractivity contribution in [1.82, 2.24) is 0 Å².